The fourth-order valence-corrected chi connectivity index (χ4v) is 4.81. The molecule has 0 amide bonds. The summed E-state index contributed by atoms with van der Waals surface area (Å²) in [4.78, 5) is 0. The second-order valence-electron chi connectivity index (χ2n) is 5.39. The molecule has 110 valence electrons. The molecule has 0 N–H and O–H groups in total. The maximum atomic E-state index is 12.4. The van der Waals surface area contributed by atoms with Gasteiger partial charge in [-0.1, -0.05) is 36.4 Å². The Morgan fingerprint density at radius 1 is 0.818 bits per heavy atom. The van der Waals surface area contributed by atoms with Crippen LogP contribution in [0.2, 0.25) is 0 Å². The predicted molar refractivity (Wildman–Crippen MR) is 87.1 cm³/mol. The third kappa shape index (κ3) is 2.44. The molecule has 0 aliphatic carbocycles. The van der Waals surface area contributed by atoms with Gasteiger partial charge in [0.05, 0.1) is 23.2 Å². The van der Waals surface area contributed by atoms with Crippen LogP contribution >= 0.6 is 11.7 Å². The first kappa shape index (κ1) is 13.6. The van der Waals surface area contributed by atoms with E-state index in [0.717, 1.165) is 33.6 Å². The van der Waals surface area contributed by atoms with Gasteiger partial charge in [0.1, 0.15) is 11.4 Å². The first-order chi connectivity index (χ1) is 10.6. The summed E-state index contributed by atoms with van der Waals surface area (Å²) in [6.45, 7) is 0. The molecule has 0 unspecified atom stereocenters. The Labute approximate surface area is 132 Å². The number of hydrogen-bond acceptors (Lipinski definition) is 5. The number of nitrogens with zero attached hydrogens (tertiary/aromatic N) is 2. The first-order valence-corrected chi connectivity index (χ1v) is 9.37. The quantitative estimate of drug-likeness (QED) is 0.635. The van der Waals surface area contributed by atoms with E-state index in [1.54, 1.807) is 0 Å². The molecule has 0 atom stereocenters. The molecule has 1 aliphatic heterocycles. The van der Waals surface area contributed by atoms with Crippen LogP contribution in [0.1, 0.15) is 11.1 Å². The van der Waals surface area contributed by atoms with Crippen molar-refractivity contribution >= 4 is 21.6 Å². The van der Waals surface area contributed by atoms with E-state index in [1.807, 2.05) is 48.5 Å². The van der Waals surface area contributed by atoms with Crippen molar-refractivity contribution in [2.45, 2.75) is 11.5 Å². The lowest BCUT2D eigenvalue weighted by atomic mass is 10.0. The van der Waals surface area contributed by atoms with E-state index < -0.39 is 9.84 Å². The minimum atomic E-state index is -3.20. The summed E-state index contributed by atoms with van der Waals surface area (Å²) >= 11 is 1.17. The van der Waals surface area contributed by atoms with Gasteiger partial charge < -0.3 is 0 Å². The highest BCUT2D eigenvalue weighted by atomic mass is 32.2. The zero-order valence-electron chi connectivity index (χ0n) is 11.6. The van der Waals surface area contributed by atoms with Crippen LogP contribution < -0.4 is 0 Å². The van der Waals surface area contributed by atoms with Crippen LogP contribution in [-0.4, -0.2) is 17.2 Å². The van der Waals surface area contributed by atoms with Gasteiger partial charge in [-0.25, -0.2) is 8.42 Å². The zero-order chi connectivity index (χ0) is 15.2. The molecule has 1 aromatic heterocycles. The monoisotopic (exact) mass is 328 g/mol. The summed E-state index contributed by atoms with van der Waals surface area (Å²) in [6.07, 6.45) is 0. The molecule has 0 spiro atoms. The Hall–Kier alpha value is -2.05. The molecule has 22 heavy (non-hydrogen) atoms. The Morgan fingerprint density at radius 2 is 1.32 bits per heavy atom. The molecule has 0 fully saturated rings. The average Bonchev–Trinajstić information content (AvgIpc) is 2.95. The summed E-state index contributed by atoms with van der Waals surface area (Å²) < 4.78 is 33.6. The van der Waals surface area contributed by atoms with Crippen LogP contribution in [0.5, 0.6) is 0 Å². The van der Waals surface area contributed by atoms with Gasteiger partial charge in [0.2, 0.25) is 0 Å². The second kappa shape index (κ2) is 5.00. The number of sulfone groups is 1. The number of hydrogen-bond donors (Lipinski definition) is 0. The lowest BCUT2D eigenvalue weighted by molar-refractivity contribution is 0.594. The maximum absolute atomic E-state index is 12.4. The van der Waals surface area contributed by atoms with Gasteiger partial charge in [-0.05, 0) is 23.3 Å². The van der Waals surface area contributed by atoms with E-state index in [4.69, 9.17) is 0 Å². The smallest absolute Gasteiger partial charge is 0.158 e. The van der Waals surface area contributed by atoms with E-state index in [9.17, 15) is 8.42 Å². The molecule has 0 radical (unpaired) electrons. The topological polar surface area (TPSA) is 59.9 Å². The SMILES string of the molecule is O=S1(=O)Cc2cccc(c2)-c2nsnc2-c2cccc(c2)C1. The molecule has 2 aromatic carbocycles. The van der Waals surface area contributed by atoms with Crippen LogP contribution in [0.15, 0.2) is 48.5 Å². The lowest BCUT2D eigenvalue weighted by Gasteiger charge is -2.05. The third-order valence-corrected chi connectivity index (χ3v) is 5.74. The van der Waals surface area contributed by atoms with Gasteiger partial charge in [-0.2, -0.15) is 8.75 Å². The number of benzene rings is 2. The standard InChI is InChI=1S/C16H12N2O2S2/c19-22(20)9-11-3-1-5-13(7-11)15-16(18-21-17-15)14-6-2-4-12(8-14)10-22/h1-8H,9-10H2. The largest absolute Gasteiger partial charge is 0.228 e. The van der Waals surface area contributed by atoms with E-state index in [1.165, 1.54) is 11.7 Å². The van der Waals surface area contributed by atoms with E-state index >= 15 is 0 Å². The molecule has 4 rings (SSSR count). The van der Waals surface area contributed by atoms with Crippen LogP contribution in [0.25, 0.3) is 22.5 Å². The van der Waals surface area contributed by atoms with Crippen molar-refractivity contribution in [3.05, 3.63) is 59.7 Å². The first-order valence-electron chi connectivity index (χ1n) is 6.82. The van der Waals surface area contributed by atoms with Crippen LogP contribution in [-0.2, 0) is 21.3 Å². The zero-order valence-corrected chi connectivity index (χ0v) is 13.2. The number of aromatic nitrogens is 2. The molecular weight excluding hydrogens is 316 g/mol. The van der Waals surface area contributed by atoms with Crippen molar-refractivity contribution in [3.63, 3.8) is 0 Å². The van der Waals surface area contributed by atoms with E-state index in [2.05, 4.69) is 8.75 Å². The maximum Gasteiger partial charge on any atom is 0.158 e. The Morgan fingerprint density at radius 3 is 1.82 bits per heavy atom. The normalized spacial score (nSPS) is 15.6. The van der Waals surface area contributed by atoms with Gasteiger partial charge in [0.15, 0.2) is 9.84 Å². The summed E-state index contributed by atoms with van der Waals surface area (Å²) in [6, 6.07) is 15.1. The van der Waals surface area contributed by atoms with E-state index in [0.29, 0.717) is 0 Å². The summed E-state index contributed by atoms with van der Waals surface area (Å²) in [7, 11) is -3.20. The Balaban J connectivity index is 2.02. The fraction of sp³-hybridized carbons (Fsp3) is 0.125. The summed E-state index contributed by atoms with van der Waals surface area (Å²) in [5.74, 6) is 0.0793. The summed E-state index contributed by atoms with van der Waals surface area (Å²) in [5.41, 5.74) is 5.00. The minimum absolute atomic E-state index is 0.0396. The molecule has 2 heterocycles. The van der Waals surface area contributed by atoms with Gasteiger partial charge in [-0.15, -0.1) is 0 Å². The van der Waals surface area contributed by atoms with Crippen molar-refractivity contribution in [2.24, 2.45) is 0 Å². The van der Waals surface area contributed by atoms with Gasteiger partial charge in [-0.3, -0.25) is 0 Å². The van der Waals surface area contributed by atoms with E-state index in [-0.39, 0.29) is 11.5 Å². The van der Waals surface area contributed by atoms with Crippen molar-refractivity contribution in [1.82, 2.24) is 8.75 Å². The van der Waals surface area contributed by atoms with Gasteiger partial charge in [0.25, 0.3) is 0 Å². The van der Waals surface area contributed by atoms with Crippen molar-refractivity contribution in [2.75, 3.05) is 0 Å². The van der Waals surface area contributed by atoms with Crippen molar-refractivity contribution in [1.29, 1.82) is 0 Å². The summed E-state index contributed by atoms with van der Waals surface area (Å²) in [5, 5.41) is 0. The highest BCUT2D eigenvalue weighted by Gasteiger charge is 2.19. The van der Waals surface area contributed by atoms with Crippen molar-refractivity contribution in [3.8, 4) is 22.5 Å². The third-order valence-electron chi connectivity index (χ3n) is 3.66. The Kier molecular flexibility index (Phi) is 3.09. The van der Waals surface area contributed by atoms with Crippen LogP contribution in [0.4, 0.5) is 0 Å². The van der Waals surface area contributed by atoms with Crippen LogP contribution in [0, 0.1) is 0 Å². The molecular formula is C16H12N2O2S2. The molecule has 1 aliphatic rings. The molecule has 4 nitrogen and oxygen atoms in total. The number of fused-ring (bicyclic) bond motifs is 7. The minimum Gasteiger partial charge on any atom is -0.228 e. The molecule has 3 aromatic rings. The Bertz CT molecular complexity index is 892. The molecule has 6 heteroatoms. The average molecular weight is 328 g/mol. The van der Waals surface area contributed by atoms with Gasteiger partial charge >= 0.3 is 0 Å². The molecule has 4 bridgehead atoms. The highest BCUT2D eigenvalue weighted by Crippen LogP contribution is 2.32. The fourth-order valence-electron chi connectivity index (χ4n) is 2.74. The molecule has 0 saturated heterocycles. The number of rotatable bonds is 0. The second-order valence-corrected chi connectivity index (χ2v) is 7.99. The van der Waals surface area contributed by atoms with Crippen LogP contribution in [0.3, 0.4) is 0 Å². The lowest BCUT2D eigenvalue weighted by Crippen LogP contribution is -2.07. The molecule has 0 saturated carbocycles. The van der Waals surface area contributed by atoms with Crippen molar-refractivity contribution < 1.29 is 8.42 Å². The highest BCUT2D eigenvalue weighted by molar-refractivity contribution is 7.89. The van der Waals surface area contributed by atoms with Gasteiger partial charge in [0, 0.05) is 11.1 Å². The predicted octanol–water partition coefficient (Wildman–Crippen LogP) is 3.30.